The molecular formula is C19H24N6O. The molecule has 7 heteroatoms. The molecule has 0 atom stereocenters. The van der Waals surface area contributed by atoms with Crippen LogP contribution < -0.4 is 10.6 Å². The number of imidazole rings is 1. The molecule has 0 radical (unpaired) electrons. The maximum absolute atomic E-state index is 9.17. The molecule has 1 aliphatic carbocycles. The first kappa shape index (κ1) is 16.8. The van der Waals surface area contributed by atoms with Gasteiger partial charge >= 0.3 is 0 Å². The van der Waals surface area contributed by atoms with Gasteiger partial charge in [-0.1, -0.05) is 37.5 Å². The number of aliphatic hydroxyl groups excluding tert-OH is 1. The van der Waals surface area contributed by atoms with E-state index in [1.165, 1.54) is 19.3 Å². The van der Waals surface area contributed by atoms with Crippen molar-refractivity contribution in [3.05, 3.63) is 36.7 Å². The molecule has 3 aromatic rings. The third kappa shape index (κ3) is 3.48. The Bertz CT molecular complexity index is 857. The largest absolute Gasteiger partial charge is 0.395 e. The zero-order valence-corrected chi connectivity index (χ0v) is 14.7. The number of aliphatic hydroxyl groups is 1. The molecule has 0 spiro atoms. The summed E-state index contributed by atoms with van der Waals surface area (Å²) in [4.78, 5) is 13.9. The smallest absolute Gasteiger partial charge is 0.231 e. The molecule has 0 saturated heterocycles. The molecule has 7 nitrogen and oxygen atoms in total. The van der Waals surface area contributed by atoms with Crippen molar-refractivity contribution in [3.8, 4) is 0 Å². The second-order valence-corrected chi connectivity index (χ2v) is 6.65. The SMILES string of the molecule is OCCNc1nc(Nc2ccccc2)nc2c1ncn2C1CCCCC1. The fraction of sp³-hybridized carbons (Fsp3) is 0.421. The molecule has 0 amide bonds. The molecule has 26 heavy (non-hydrogen) atoms. The van der Waals surface area contributed by atoms with Gasteiger partial charge < -0.3 is 20.3 Å². The topological polar surface area (TPSA) is 87.9 Å². The highest BCUT2D eigenvalue weighted by molar-refractivity contribution is 5.84. The summed E-state index contributed by atoms with van der Waals surface area (Å²) in [5.41, 5.74) is 2.53. The highest BCUT2D eigenvalue weighted by Gasteiger charge is 2.20. The van der Waals surface area contributed by atoms with Gasteiger partial charge in [0.1, 0.15) is 0 Å². The summed E-state index contributed by atoms with van der Waals surface area (Å²) in [6.45, 7) is 0.462. The number of para-hydroxylation sites is 1. The van der Waals surface area contributed by atoms with Gasteiger partial charge in [-0.2, -0.15) is 9.97 Å². The van der Waals surface area contributed by atoms with E-state index in [9.17, 15) is 0 Å². The molecule has 0 unspecified atom stereocenters. The third-order valence-electron chi connectivity index (χ3n) is 4.82. The molecular weight excluding hydrogens is 328 g/mol. The van der Waals surface area contributed by atoms with Crippen molar-refractivity contribution in [2.75, 3.05) is 23.8 Å². The average molecular weight is 352 g/mol. The van der Waals surface area contributed by atoms with Gasteiger partial charge in [-0.3, -0.25) is 0 Å². The lowest BCUT2D eigenvalue weighted by Gasteiger charge is -2.23. The van der Waals surface area contributed by atoms with Crippen molar-refractivity contribution in [2.24, 2.45) is 0 Å². The standard InChI is InChI=1S/C19H24N6O/c26-12-11-20-17-16-18(25(13-21-16)15-9-5-2-6-10-15)24-19(23-17)22-14-7-3-1-4-8-14/h1,3-4,7-8,13,15,26H,2,5-6,9-12H2,(H2,20,22,23,24). The molecule has 3 N–H and O–H groups in total. The second-order valence-electron chi connectivity index (χ2n) is 6.65. The molecule has 4 rings (SSSR count). The number of hydrogen-bond donors (Lipinski definition) is 3. The highest BCUT2D eigenvalue weighted by atomic mass is 16.3. The minimum atomic E-state index is 0.0380. The van der Waals surface area contributed by atoms with Crippen LogP contribution in [0.15, 0.2) is 36.7 Å². The van der Waals surface area contributed by atoms with Gasteiger partial charge in [0.25, 0.3) is 0 Å². The highest BCUT2D eigenvalue weighted by Crippen LogP contribution is 2.32. The van der Waals surface area contributed by atoms with E-state index in [2.05, 4.69) is 25.2 Å². The molecule has 1 aliphatic rings. The monoisotopic (exact) mass is 352 g/mol. The van der Waals surface area contributed by atoms with Gasteiger partial charge in [-0.05, 0) is 25.0 Å². The minimum absolute atomic E-state index is 0.0380. The van der Waals surface area contributed by atoms with Gasteiger partial charge in [0.15, 0.2) is 17.0 Å². The Morgan fingerprint density at radius 1 is 1.08 bits per heavy atom. The van der Waals surface area contributed by atoms with Crippen LogP contribution in [0.2, 0.25) is 0 Å². The summed E-state index contributed by atoms with van der Waals surface area (Å²) in [5.74, 6) is 1.18. The summed E-state index contributed by atoms with van der Waals surface area (Å²) in [5, 5.41) is 15.6. The van der Waals surface area contributed by atoms with Crippen LogP contribution >= 0.6 is 0 Å². The number of hydrogen-bond acceptors (Lipinski definition) is 6. The summed E-state index contributed by atoms with van der Waals surface area (Å²) >= 11 is 0. The van der Waals surface area contributed by atoms with E-state index in [0.717, 1.165) is 29.7 Å². The summed E-state index contributed by atoms with van der Waals surface area (Å²) < 4.78 is 2.19. The Balaban J connectivity index is 1.73. The summed E-state index contributed by atoms with van der Waals surface area (Å²) in [6, 6.07) is 10.3. The van der Waals surface area contributed by atoms with Gasteiger partial charge in [-0.15, -0.1) is 0 Å². The molecule has 1 saturated carbocycles. The molecule has 136 valence electrons. The maximum atomic E-state index is 9.17. The first-order valence-electron chi connectivity index (χ1n) is 9.26. The Kier molecular flexibility index (Phi) is 4.97. The van der Waals surface area contributed by atoms with Gasteiger partial charge in [0.2, 0.25) is 5.95 Å². The van der Waals surface area contributed by atoms with Crippen LogP contribution in [0.3, 0.4) is 0 Å². The fourth-order valence-electron chi connectivity index (χ4n) is 3.55. The van der Waals surface area contributed by atoms with Crippen molar-refractivity contribution < 1.29 is 5.11 Å². The van der Waals surface area contributed by atoms with E-state index < -0.39 is 0 Å². The lowest BCUT2D eigenvalue weighted by molar-refractivity contribution is 0.311. The molecule has 2 heterocycles. The number of nitrogens with one attached hydrogen (secondary N) is 2. The number of aromatic nitrogens is 4. The van der Waals surface area contributed by atoms with Crippen molar-refractivity contribution in [1.29, 1.82) is 0 Å². The van der Waals surface area contributed by atoms with E-state index in [1.807, 2.05) is 36.7 Å². The maximum Gasteiger partial charge on any atom is 0.231 e. The van der Waals surface area contributed by atoms with Gasteiger partial charge in [-0.25, -0.2) is 4.98 Å². The van der Waals surface area contributed by atoms with E-state index in [1.54, 1.807) is 0 Å². The van der Waals surface area contributed by atoms with Crippen LogP contribution in [0.25, 0.3) is 11.2 Å². The fourth-order valence-corrected chi connectivity index (χ4v) is 3.55. The van der Waals surface area contributed by atoms with E-state index in [4.69, 9.17) is 10.1 Å². The van der Waals surface area contributed by atoms with Crippen LogP contribution in [0.1, 0.15) is 38.1 Å². The van der Waals surface area contributed by atoms with Crippen LogP contribution in [0.4, 0.5) is 17.5 Å². The number of fused-ring (bicyclic) bond motifs is 1. The number of rotatable bonds is 6. The normalized spacial score (nSPS) is 15.3. The van der Waals surface area contributed by atoms with Crippen molar-refractivity contribution >= 4 is 28.6 Å². The van der Waals surface area contributed by atoms with E-state index >= 15 is 0 Å². The molecule has 0 aliphatic heterocycles. The van der Waals surface area contributed by atoms with Gasteiger partial charge in [0, 0.05) is 18.3 Å². The summed E-state index contributed by atoms with van der Waals surface area (Å²) in [7, 11) is 0. The zero-order chi connectivity index (χ0) is 17.8. The average Bonchev–Trinajstić information content (AvgIpc) is 3.12. The number of benzene rings is 1. The van der Waals surface area contributed by atoms with Crippen molar-refractivity contribution in [2.45, 2.75) is 38.1 Å². The molecule has 1 fully saturated rings. The first-order valence-corrected chi connectivity index (χ1v) is 9.26. The van der Waals surface area contributed by atoms with Crippen LogP contribution in [0.5, 0.6) is 0 Å². The lowest BCUT2D eigenvalue weighted by atomic mass is 9.95. The zero-order valence-electron chi connectivity index (χ0n) is 14.7. The third-order valence-corrected chi connectivity index (χ3v) is 4.82. The number of anilines is 3. The predicted molar refractivity (Wildman–Crippen MR) is 103 cm³/mol. The number of nitrogens with zero attached hydrogens (tertiary/aromatic N) is 4. The summed E-state index contributed by atoms with van der Waals surface area (Å²) in [6.07, 6.45) is 8.01. The minimum Gasteiger partial charge on any atom is -0.395 e. The van der Waals surface area contributed by atoms with E-state index in [-0.39, 0.29) is 6.61 Å². The Morgan fingerprint density at radius 3 is 2.65 bits per heavy atom. The molecule has 0 bridgehead atoms. The predicted octanol–water partition coefficient (Wildman–Crippen LogP) is 3.48. The van der Waals surface area contributed by atoms with Crippen LogP contribution in [-0.2, 0) is 0 Å². The Labute approximate surface area is 152 Å². The molecule has 1 aromatic carbocycles. The second kappa shape index (κ2) is 7.70. The van der Waals surface area contributed by atoms with E-state index in [0.29, 0.717) is 24.4 Å². The van der Waals surface area contributed by atoms with Crippen LogP contribution in [-0.4, -0.2) is 37.8 Å². The first-order chi connectivity index (χ1) is 12.8. The van der Waals surface area contributed by atoms with Crippen molar-refractivity contribution in [1.82, 2.24) is 19.5 Å². The molecule has 2 aromatic heterocycles. The van der Waals surface area contributed by atoms with Crippen molar-refractivity contribution in [3.63, 3.8) is 0 Å². The Hall–Kier alpha value is -2.67. The quantitative estimate of drug-likeness (QED) is 0.629. The lowest BCUT2D eigenvalue weighted by Crippen LogP contribution is -2.13. The van der Waals surface area contributed by atoms with Crippen LogP contribution in [0, 0.1) is 0 Å². The Morgan fingerprint density at radius 2 is 1.88 bits per heavy atom. The van der Waals surface area contributed by atoms with Gasteiger partial charge in [0.05, 0.1) is 12.9 Å².